The Hall–Kier alpha value is -0.955. The maximum Gasteiger partial charge on any atom is 0.241 e. The van der Waals surface area contributed by atoms with E-state index in [2.05, 4.69) is 0 Å². The lowest BCUT2D eigenvalue weighted by molar-refractivity contribution is -0.116. The topological polar surface area (TPSA) is 20.3 Å². The van der Waals surface area contributed by atoms with Gasteiger partial charge in [-0.15, -0.1) is 11.6 Å². The van der Waals surface area contributed by atoms with Gasteiger partial charge in [0.15, 0.2) is 0 Å². The molecule has 0 unspecified atom stereocenters. The molecule has 2 rings (SSSR count). The standard InChI is InChI=1S/C10H9BClNO/c11-8-1-2-9-7(5-8)3-4-13(9)10(14)6-12/h1-2,5H,3-4,6H2. The van der Waals surface area contributed by atoms with Crippen LogP contribution in [0.1, 0.15) is 5.56 Å². The van der Waals surface area contributed by atoms with Gasteiger partial charge in [0, 0.05) is 12.2 Å². The predicted molar refractivity (Wildman–Crippen MR) is 58.6 cm³/mol. The molecule has 0 fully saturated rings. The van der Waals surface area contributed by atoms with Gasteiger partial charge in [-0.2, -0.15) is 0 Å². The van der Waals surface area contributed by atoms with E-state index in [0.717, 1.165) is 23.1 Å². The van der Waals surface area contributed by atoms with Crippen molar-refractivity contribution < 1.29 is 4.79 Å². The average Bonchev–Trinajstić information content (AvgIpc) is 2.59. The molecule has 0 N–H and O–H groups in total. The van der Waals surface area contributed by atoms with Crippen molar-refractivity contribution in [2.45, 2.75) is 6.42 Å². The van der Waals surface area contributed by atoms with Crippen molar-refractivity contribution in [1.29, 1.82) is 0 Å². The van der Waals surface area contributed by atoms with Crippen LogP contribution in [0.3, 0.4) is 0 Å². The number of carbonyl (C=O) groups is 1. The van der Waals surface area contributed by atoms with E-state index in [-0.39, 0.29) is 11.8 Å². The lowest BCUT2D eigenvalue weighted by atomic mass is 9.93. The van der Waals surface area contributed by atoms with Gasteiger partial charge < -0.3 is 4.90 Å². The fourth-order valence-corrected chi connectivity index (χ4v) is 1.90. The summed E-state index contributed by atoms with van der Waals surface area (Å²) in [4.78, 5) is 13.1. The number of hydrogen-bond donors (Lipinski definition) is 0. The zero-order valence-corrected chi connectivity index (χ0v) is 8.42. The molecule has 14 heavy (non-hydrogen) atoms. The largest absolute Gasteiger partial charge is 0.311 e. The van der Waals surface area contributed by atoms with Crippen LogP contribution in [0.2, 0.25) is 0 Å². The molecule has 2 radical (unpaired) electrons. The molecule has 1 aromatic rings. The Kier molecular flexibility index (Phi) is 2.51. The number of fused-ring (bicyclic) bond motifs is 1. The molecule has 0 aromatic heterocycles. The van der Waals surface area contributed by atoms with Gasteiger partial charge >= 0.3 is 0 Å². The van der Waals surface area contributed by atoms with Gasteiger partial charge in [0.1, 0.15) is 13.7 Å². The number of carbonyl (C=O) groups excluding carboxylic acids is 1. The Balaban J connectivity index is 2.35. The van der Waals surface area contributed by atoms with E-state index in [0.29, 0.717) is 6.54 Å². The molecule has 0 atom stereocenters. The summed E-state index contributed by atoms with van der Waals surface area (Å²) in [5.74, 6) is -0.0146. The van der Waals surface area contributed by atoms with Crippen LogP contribution in [-0.4, -0.2) is 26.2 Å². The smallest absolute Gasteiger partial charge is 0.241 e. The van der Waals surface area contributed by atoms with Crippen LogP contribution >= 0.6 is 11.6 Å². The average molecular weight is 205 g/mol. The number of halogens is 1. The van der Waals surface area contributed by atoms with Crippen LogP contribution < -0.4 is 10.4 Å². The quantitative estimate of drug-likeness (QED) is 0.486. The summed E-state index contributed by atoms with van der Waals surface area (Å²) in [6, 6.07) is 5.59. The Morgan fingerprint density at radius 3 is 3.07 bits per heavy atom. The second kappa shape index (κ2) is 3.66. The molecule has 1 aliphatic rings. The highest BCUT2D eigenvalue weighted by Gasteiger charge is 2.23. The van der Waals surface area contributed by atoms with Gasteiger partial charge in [-0.3, -0.25) is 4.79 Å². The van der Waals surface area contributed by atoms with E-state index >= 15 is 0 Å². The Morgan fingerprint density at radius 1 is 1.57 bits per heavy atom. The summed E-state index contributed by atoms with van der Waals surface area (Å²) in [6.07, 6.45) is 0.864. The van der Waals surface area contributed by atoms with Crippen LogP contribution in [0.5, 0.6) is 0 Å². The zero-order valence-electron chi connectivity index (χ0n) is 7.66. The summed E-state index contributed by atoms with van der Waals surface area (Å²) >= 11 is 5.51. The van der Waals surface area contributed by atoms with Crippen molar-refractivity contribution >= 4 is 36.5 Å². The Labute approximate surface area is 89.3 Å². The van der Waals surface area contributed by atoms with Crippen LogP contribution in [0.4, 0.5) is 5.69 Å². The maximum atomic E-state index is 11.4. The van der Waals surface area contributed by atoms with Gasteiger partial charge in [0.2, 0.25) is 5.91 Å². The maximum absolute atomic E-state index is 11.4. The summed E-state index contributed by atoms with van der Waals surface area (Å²) in [6.45, 7) is 0.713. The van der Waals surface area contributed by atoms with Crippen molar-refractivity contribution in [3.63, 3.8) is 0 Å². The molecule has 0 spiro atoms. The van der Waals surface area contributed by atoms with E-state index in [1.807, 2.05) is 12.1 Å². The Bertz CT molecular complexity index is 380. The molecule has 1 amide bonds. The van der Waals surface area contributed by atoms with Gasteiger partial charge in [-0.1, -0.05) is 17.6 Å². The molecule has 1 aromatic carbocycles. The molecular formula is C10H9BClNO. The molecule has 0 aliphatic carbocycles. The molecule has 2 nitrogen and oxygen atoms in total. The summed E-state index contributed by atoms with van der Waals surface area (Å²) in [7, 11) is 5.66. The number of benzene rings is 1. The first-order valence-corrected chi connectivity index (χ1v) is 5.00. The van der Waals surface area contributed by atoms with Crippen molar-refractivity contribution in [1.82, 2.24) is 0 Å². The van der Waals surface area contributed by atoms with Gasteiger partial charge in [0.25, 0.3) is 0 Å². The van der Waals surface area contributed by atoms with E-state index in [1.165, 1.54) is 0 Å². The van der Waals surface area contributed by atoms with Crippen molar-refractivity contribution in [2.24, 2.45) is 0 Å². The first-order valence-electron chi connectivity index (χ1n) is 4.47. The number of rotatable bonds is 1. The van der Waals surface area contributed by atoms with Crippen LogP contribution in [0.25, 0.3) is 0 Å². The summed E-state index contributed by atoms with van der Waals surface area (Å²) < 4.78 is 0. The number of alkyl halides is 1. The van der Waals surface area contributed by atoms with Crippen LogP contribution in [-0.2, 0) is 11.2 Å². The minimum atomic E-state index is -0.0461. The fourth-order valence-electron chi connectivity index (χ4n) is 1.75. The number of nitrogens with zero attached hydrogens (tertiary/aromatic N) is 1. The van der Waals surface area contributed by atoms with Crippen LogP contribution in [0, 0.1) is 0 Å². The van der Waals surface area contributed by atoms with E-state index in [9.17, 15) is 4.79 Å². The lowest BCUT2D eigenvalue weighted by Gasteiger charge is -2.15. The highest BCUT2D eigenvalue weighted by molar-refractivity contribution is 6.32. The fraction of sp³-hybridized carbons (Fsp3) is 0.300. The highest BCUT2D eigenvalue weighted by atomic mass is 35.5. The number of hydrogen-bond acceptors (Lipinski definition) is 1. The molecular weight excluding hydrogens is 196 g/mol. The lowest BCUT2D eigenvalue weighted by Crippen LogP contribution is -2.29. The highest BCUT2D eigenvalue weighted by Crippen LogP contribution is 2.26. The molecule has 0 saturated carbocycles. The Morgan fingerprint density at radius 2 is 2.36 bits per heavy atom. The zero-order chi connectivity index (χ0) is 10.1. The minimum absolute atomic E-state index is 0.0316. The van der Waals surface area contributed by atoms with Crippen molar-refractivity contribution in [3.05, 3.63) is 23.8 Å². The van der Waals surface area contributed by atoms with Gasteiger partial charge in [0.05, 0.1) is 0 Å². The second-order valence-electron chi connectivity index (χ2n) is 3.32. The van der Waals surface area contributed by atoms with E-state index < -0.39 is 0 Å². The normalized spacial score (nSPS) is 14.2. The first kappa shape index (κ1) is 9.59. The number of amides is 1. The minimum Gasteiger partial charge on any atom is -0.311 e. The first-order chi connectivity index (χ1) is 6.72. The molecule has 4 heteroatoms. The summed E-state index contributed by atoms with van der Waals surface area (Å²) in [5, 5.41) is 0. The molecule has 0 bridgehead atoms. The van der Waals surface area contributed by atoms with Gasteiger partial charge in [-0.25, -0.2) is 0 Å². The third-order valence-corrected chi connectivity index (χ3v) is 2.64. The van der Waals surface area contributed by atoms with Gasteiger partial charge in [-0.05, 0) is 18.1 Å². The predicted octanol–water partition coefficient (Wildman–Crippen LogP) is 0.608. The molecule has 0 saturated heterocycles. The van der Waals surface area contributed by atoms with Crippen molar-refractivity contribution in [3.8, 4) is 0 Å². The number of anilines is 1. The summed E-state index contributed by atoms with van der Waals surface area (Å²) in [5.41, 5.74) is 2.82. The SMILES string of the molecule is [B]c1ccc2c(c1)CCN2C(=O)CCl. The molecule has 70 valence electrons. The van der Waals surface area contributed by atoms with E-state index in [4.69, 9.17) is 19.4 Å². The van der Waals surface area contributed by atoms with E-state index in [1.54, 1.807) is 11.0 Å². The molecule has 1 heterocycles. The van der Waals surface area contributed by atoms with Crippen LogP contribution in [0.15, 0.2) is 18.2 Å². The molecule has 1 aliphatic heterocycles. The third kappa shape index (κ3) is 1.52. The third-order valence-electron chi connectivity index (χ3n) is 2.41. The second-order valence-corrected chi connectivity index (χ2v) is 3.58. The monoisotopic (exact) mass is 205 g/mol. The van der Waals surface area contributed by atoms with Crippen molar-refractivity contribution in [2.75, 3.05) is 17.3 Å².